The summed E-state index contributed by atoms with van der Waals surface area (Å²) >= 11 is 0. The normalized spacial score (nSPS) is 11.5. The Balaban J connectivity index is 1.79. The second-order valence-corrected chi connectivity index (χ2v) is 6.40. The Hall–Kier alpha value is -3.42. The lowest BCUT2D eigenvalue weighted by molar-refractivity contribution is -0.153. The Morgan fingerprint density at radius 2 is 1.59 bits per heavy atom. The monoisotopic (exact) mass is 403 g/mol. The van der Waals surface area contributed by atoms with Crippen LogP contribution in [-0.4, -0.2) is 36.7 Å². The Kier molecular flexibility index (Phi) is 7.70. The summed E-state index contributed by atoms with van der Waals surface area (Å²) in [6.07, 6.45) is -1.20. The highest BCUT2D eigenvalue weighted by atomic mass is 19.1. The first kappa shape index (κ1) is 21.9. The van der Waals surface area contributed by atoms with Crippen LogP contribution in [0.5, 0.6) is 5.75 Å². The second-order valence-electron chi connectivity index (χ2n) is 6.40. The van der Waals surface area contributed by atoms with Gasteiger partial charge < -0.3 is 19.5 Å². The third-order valence-corrected chi connectivity index (χ3v) is 3.55. The Bertz CT molecular complexity index is 848. The van der Waals surface area contributed by atoms with Crippen molar-refractivity contribution in [3.8, 4) is 5.75 Å². The number of anilines is 1. The average molecular weight is 403 g/mol. The van der Waals surface area contributed by atoms with E-state index in [9.17, 15) is 18.8 Å². The molecule has 0 unspecified atom stereocenters. The van der Waals surface area contributed by atoms with Gasteiger partial charge in [-0.3, -0.25) is 4.79 Å². The maximum atomic E-state index is 12.9. The topological polar surface area (TPSA) is 90.9 Å². The van der Waals surface area contributed by atoms with Crippen LogP contribution in [0.25, 0.3) is 0 Å². The molecule has 29 heavy (non-hydrogen) atoms. The number of benzene rings is 2. The number of carbonyl (C=O) groups excluding carboxylic acids is 3. The van der Waals surface area contributed by atoms with Gasteiger partial charge in [0.1, 0.15) is 11.6 Å². The summed E-state index contributed by atoms with van der Waals surface area (Å²) in [4.78, 5) is 35.6. The Morgan fingerprint density at radius 1 is 0.966 bits per heavy atom. The zero-order valence-electron chi connectivity index (χ0n) is 16.3. The molecule has 2 aromatic rings. The van der Waals surface area contributed by atoms with Gasteiger partial charge in [-0.2, -0.15) is 0 Å². The molecule has 0 spiro atoms. The number of esters is 2. The fourth-order valence-corrected chi connectivity index (χ4v) is 2.19. The van der Waals surface area contributed by atoms with Crippen LogP contribution in [-0.2, 0) is 19.1 Å². The van der Waals surface area contributed by atoms with E-state index in [-0.39, 0.29) is 6.10 Å². The van der Waals surface area contributed by atoms with Gasteiger partial charge in [0.15, 0.2) is 12.7 Å². The molecule has 8 heteroatoms. The molecule has 7 nitrogen and oxygen atoms in total. The molecule has 0 aromatic heterocycles. The molecular formula is C21H22FNO6. The summed E-state index contributed by atoms with van der Waals surface area (Å²) < 4.78 is 28.2. The largest absolute Gasteiger partial charge is 0.479 e. The third kappa shape index (κ3) is 7.25. The molecule has 0 aliphatic carbocycles. The number of hydrogen-bond acceptors (Lipinski definition) is 6. The summed E-state index contributed by atoms with van der Waals surface area (Å²) in [5, 5.41) is 2.55. The second kappa shape index (κ2) is 10.2. The van der Waals surface area contributed by atoms with E-state index in [0.29, 0.717) is 17.0 Å². The van der Waals surface area contributed by atoms with Gasteiger partial charge in [0.05, 0.1) is 11.7 Å². The van der Waals surface area contributed by atoms with Crippen LogP contribution >= 0.6 is 0 Å². The zero-order chi connectivity index (χ0) is 21.4. The van der Waals surface area contributed by atoms with Crippen molar-refractivity contribution >= 4 is 23.5 Å². The van der Waals surface area contributed by atoms with Crippen LogP contribution < -0.4 is 10.1 Å². The molecule has 2 aromatic carbocycles. The molecular weight excluding hydrogens is 381 g/mol. The molecule has 0 radical (unpaired) electrons. The number of carbonyl (C=O) groups is 3. The van der Waals surface area contributed by atoms with Crippen LogP contribution in [0.15, 0.2) is 48.5 Å². The molecule has 1 amide bonds. The quantitative estimate of drug-likeness (QED) is 0.680. The van der Waals surface area contributed by atoms with E-state index >= 15 is 0 Å². The van der Waals surface area contributed by atoms with Crippen molar-refractivity contribution in [2.24, 2.45) is 0 Å². The highest BCUT2D eigenvalue weighted by molar-refractivity contribution is 5.94. The fourth-order valence-electron chi connectivity index (χ4n) is 2.19. The molecule has 0 bridgehead atoms. The van der Waals surface area contributed by atoms with Gasteiger partial charge in [-0.05, 0) is 69.3 Å². The number of amides is 1. The minimum atomic E-state index is -0.973. The lowest BCUT2D eigenvalue weighted by atomic mass is 10.2. The maximum Gasteiger partial charge on any atom is 0.347 e. The lowest BCUT2D eigenvalue weighted by Crippen LogP contribution is -2.29. The smallest absolute Gasteiger partial charge is 0.347 e. The highest BCUT2D eigenvalue weighted by Gasteiger charge is 2.18. The minimum absolute atomic E-state index is 0.231. The number of rotatable bonds is 8. The predicted octanol–water partition coefficient (Wildman–Crippen LogP) is 3.34. The molecule has 0 heterocycles. The number of hydrogen-bond donors (Lipinski definition) is 1. The van der Waals surface area contributed by atoms with Crippen LogP contribution in [0.4, 0.5) is 10.1 Å². The van der Waals surface area contributed by atoms with Crippen molar-refractivity contribution < 1.29 is 33.0 Å². The van der Waals surface area contributed by atoms with Crippen molar-refractivity contribution in [3.63, 3.8) is 0 Å². The minimum Gasteiger partial charge on any atom is -0.479 e. The van der Waals surface area contributed by atoms with Gasteiger partial charge in [-0.15, -0.1) is 0 Å². The van der Waals surface area contributed by atoms with Crippen LogP contribution in [0.2, 0.25) is 0 Å². The van der Waals surface area contributed by atoms with Crippen molar-refractivity contribution in [1.29, 1.82) is 0 Å². The van der Waals surface area contributed by atoms with Gasteiger partial charge in [0.25, 0.3) is 5.91 Å². The van der Waals surface area contributed by atoms with Gasteiger partial charge in [-0.1, -0.05) is 0 Å². The number of nitrogens with one attached hydrogen (secondary N) is 1. The number of halogens is 1. The zero-order valence-corrected chi connectivity index (χ0v) is 16.3. The number of ether oxygens (including phenoxy) is 3. The van der Waals surface area contributed by atoms with Crippen LogP contribution in [0.1, 0.15) is 31.1 Å². The van der Waals surface area contributed by atoms with E-state index < -0.39 is 36.4 Å². The van der Waals surface area contributed by atoms with Crippen LogP contribution in [0.3, 0.4) is 0 Å². The summed E-state index contributed by atoms with van der Waals surface area (Å²) in [6.45, 7) is 4.45. The van der Waals surface area contributed by atoms with E-state index in [1.54, 1.807) is 13.8 Å². The molecule has 1 atom stereocenters. The summed E-state index contributed by atoms with van der Waals surface area (Å²) in [5.74, 6) is -1.87. The van der Waals surface area contributed by atoms with E-state index in [1.807, 2.05) is 0 Å². The lowest BCUT2D eigenvalue weighted by Gasteiger charge is -2.14. The summed E-state index contributed by atoms with van der Waals surface area (Å²) in [6, 6.07) is 11.3. The van der Waals surface area contributed by atoms with Gasteiger partial charge in [-0.25, -0.2) is 14.0 Å². The molecule has 0 aliphatic heterocycles. The first-order valence-electron chi connectivity index (χ1n) is 8.94. The summed E-state index contributed by atoms with van der Waals surface area (Å²) in [5.41, 5.74) is 0.789. The van der Waals surface area contributed by atoms with E-state index in [4.69, 9.17) is 14.2 Å². The first-order chi connectivity index (χ1) is 13.7. The van der Waals surface area contributed by atoms with Gasteiger partial charge >= 0.3 is 11.9 Å². The fraction of sp³-hybridized carbons (Fsp3) is 0.286. The standard InChI is InChI=1S/C21H22FNO6/c1-13(2)28-21(26)15-4-8-17(9-5-15)23-19(24)12-27-20(25)14(3)29-18-10-6-16(22)7-11-18/h4-11,13-14H,12H2,1-3H3,(H,23,24)/t14-/m1/s1. The van der Waals surface area contributed by atoms with Crippen LogP contribution in [0, 0.1) is 5.82 Å². The maximum absolute atomic E-state index is 12.9. The molecule has 2 rings (SSSR count). The van der Waals surface area contributed by atoms with Gasteiger partial charge in [0.2, 0.25) is 0 Å². The van der Waals surface area contributed by atoms with Crippen molar-refractivity contribution in [2.75, 3.05) is 11.9 Å². The molecule has 0 saturated heterocycles. The Labute approximate surface area is 167 Å². The molecule has 0 fully saturated rings. The molecule has 1 N–H and O–H groups in total. The van der Waals surface area contributed by atoms with Gasteiger partial charge in [0, 0.05) is 5.69 Å². The highest BCUT2D eigenvalue weighted by Crippen LogP contribution is 2.14. The SMILES string of the molecule is CC(C)OC(=O)c1ccc(NC(=O)COC(=O)[C@@H](C)Oc2ccc(F)cc2)cc1. The van der Waals surface area contributed by atoms with Crippen molar-refractivity contribution in [2.45, 2.75) is 33.0 Å². The molecule has 0 aliphatic rings. The molecule has 0 saturated carbocycles. The summed E-state index contributed by atoms with van der Waals surface area (Å²) in [7, 11) is 0. The van der Waals surface area contributed by atoms with E-state index in [2.05, 4.69) is 5.32 Å². The average Bonchev–Trinajstić information content (AvgIpc) is 2.67. The van der Waals surface area contributed by atoms with E-state index in [0.717, 1.165) is 0 Å². The van der Waals surface area contributed by atoms with Crippen molar-refractivity contribution in [1.82, 2.24) is 0 Å². The van der Waals surface area contributed by atoms with E-state index in [1.165, 1.54) is 55.5 Å². The first-order valence-corrected chi connectivity index (χ1v) is 8.94. The Morgan fingerprint density at radius 3 is 2.17 bits per heavy atom. The third-order valence-electron chi connectivity index (χ3n) is 3.55. The van der Waals surface area contributed by atoms with Crippen molar-refractivity contribution in [3.05, 3.63) is 59.9 Å². The predicted molar refractivity (Wildman–Crippen MR) is 103 cm³/mol. The molecule has 154 valence electrons.